The molecule has 8 nitrogen and oxygen atoms in total. The van der Waals surface area contributed by atoms with Crippen LogP contribution in [0.25, 0.3) is 0 Å². The number of hydrogen-bond donors (Lipinski definition) is 1. The molecule has 0 spiro atoms. The number of ether oxygens (including phenoxy) is 2. The van der Waals surface area contributed by atoms with E-state index in [0.29, 0.717) is 66.5 Å². The molecule has 0 aliphatic carbocycles. The molecule has 2 aliphatic rings. The summed E-state index contributed by atoms with van der Waals surface area (Å²) in [6.45, 7) is 8.05. The van der Waals surface area contributed by atoms with Gasteiger partial charge in [-0.15, -0.1) is 0 Å². The molecule has 66 heavy (non-hydrogen) atoms. The Morgan fingerprint density at radius 3 is 1.35 bits per heavy atom. The average Bonchev–Trinajstić information content (AvgIpc) is 3.33. The van der Waals surface area contributed by atoms with Gasteiger partial charge in [-0.05, 0) is 145 Å². The molecule has 2 heterocycles. The number of β-lactam (4-membered cyclic amide) rings is 2. The third-order valence-corrected chi connectivity index (χ3v) is 11.7. The van der Waals surface area contributed by atoms with Gasteiger partial charge in [-0.1, -0.05) is 61.7 Å². The number of anilines is 2. The number of carbonyl (C=O) groups excluding carboxylic acids is 3. The largest absolute Gasteiger partial charge is 0.490 e. The molecule has 0 saturated carbocycles. The van der Waals surface area contributed by atoms with Crippen LogP contribution in [0.4, 0.5) is 28.9 Å². The fourth-order valence-electron chi connectivity index (χ4n) is 8.29. The lowest BCUT2D eigenvalue weighted by Crippen LogP contribution is -2.55. The molecular formula is C54H48F4N2O6. The molecule has 0 bridgehead atoms. The highest BCUT2D eigenvalue weighted by atomic mass is 19.1. The smallest absolute Gasteiger partial charge is 0.233 e. The number of benzene rings is 6. The Morgan fingerprint density at radius 2 is 0.939 bits per heavy atom. The highest BCUT2D eigenvalue weighted by Gasteiger charge is 2.49. The predicted molar refractivity (Wildman–Crippen MR) is 245 cm³/mol. The number of carbonyl (C=O) groups is 3. The van der Waals surface area contributed by atoms with Crippen molar-refractivity contribution in [1.82, 2.24) is 0 Å². The molecular weight excluding hydrogens is 849 g/mol. The van der Waals surface area contributed by atoms with Crippen LogP contribution in [0.2, 0.25) is 0 Å². The number of ketones is 1. The van der Waals surface area contributed by atoms with Crippen molar-refractivity contribution in [1.29, 1.82) is 0 Å². The summed E-state index contributed by atoms with van der Waals surface area (Å²) in [5.41, 5.74) is 4.06. The fraction of sp³-hybridized carbons (Fsp3) is 0.204. The van der Waals surface area contributed by atoms with Gasteiger partial charge >= 0.3 is 0 Å². The molecule has 2 fully saturated rings. The minimum Gasteiger partial charge on any atom is -0.490 e. The van der Waals surface area contributed by atoms with Crippen LogP contribution >= 0.6 is 0 Å². The molecule has 6 aromatic rings. The second-order valence-corrected chi connectivity index (χ2v) is 15.9. The van der Waals surface area contributed by atoms with Crippen LogP contribution in [0.5, 0.6) is 11.5 Å². The van der Waals surface area contributed by atoms with E-state index >= 15 is 0 Å². The highest BCUT2D eigenvalue weighted by molar-refractivity contribution is 6.04. The SMILES string of the molecule is C=CCOc1ccc([C@@H]2[C@@H](CCC(=O)c3ccc(F)cc3)C(=O)N2c2ccc(F)cc2)cc1.C=CCOc1ccc([C@@H]2[C@@H](CC[C@H](O)c3ccc(F)cc3)C(=O)N2c2ccc(F)cc2)cc1. The third kappa shape index (κ3) is 11.0. The van der Waals surface area contributed by atoms with Crippen molar-refractivity contribution in [2.45, 2.75) is 43.9 Å². The van der Waals surface area contributed by atoms with Gasteiger partial charge in [-0.2, -0.15) is 0 Å². The Balaban J connectivity index is 0.000000196. The zero-order valence-electron chi connectivity index (χ0n) is 35.9. The van der Waals surface area contributed by atoms with Gasteiger partial charge in [-0.3, -0.25) is 14.4 Å². The maximum absolute atomic E-state index is 13.4. The first-order chi connectivity index (χ1) is 31.9. The van der Waals surface area contributed by atoms with Crippen molar-refractivity contribution in [3.8, 4) is 11.5 Å². The zero-order chi connectivity index (χ0) is 46.7. The number of nitrogens with zero attached hydrogens (tertiary/aromatic N) is 2. The summed E-state index contributed by atoms with van der Waals surface area (Å²) in [5.74, 6) is -1.23. The molecule has 2 amide bonds. The van der Waals surface area contributed by atoms with Gasteiger partial charge in [0.25, 0.3) is 0 Å². The summed E-state index contributed by atoms with van der Waals surface area (Å²) in [5, 5.41) is 10.5. The number of rotatable bonds is 18. The summed E-state index contributed by atoms with van der Waals surface area (Å²) in [7, 11) is 0. The lowest BCUT2D eigenvalue weighted by atomic mass is 9.78. The zero-order valence-corrected chi connectivity index (χ0v) is 35.9. The Hall–Kier alpha value is -7.31. The van der Waals surface area contributed by atoms with E-state index in [1.54, 1.807) is 58.4 Å². The molecule has 2 aliphatic heterocycles. The Kier molecular flexibility index (Phi) is 15.3. The van der Waals surface area contributed by atoms with Crippen molar-refractivity contribution in [2.24, 2.45) is 11.8 Å². The van der Waals surface area contributed by atoms with Gasteiger partial charge in [0.2, 0.25) is 11.8 Å². The first-order valence-corrected chi connectivity index (χ1v) is 21.5. The van der Waals surface area contributed by atoms with Gasteiger partial charge in [-0.25, -0.2) is 17.6 Å². The van der Waals surface area contributed by atoms with E-state index in [4.69, 9.17) is 9.47 Å². The predicted octanol–water partition coefficient (Wildman–Crippen LogP) is 11.6. The number of aliphatic hydroxyl groups excluding tert-OH is 1. The third-order valence-electron chi connectivity index (χ3n) is 11.7. The fourth-order valence-corrected chi connectivity index (χ4v) is 8.29. The van der Waals surface area contributed by atoms with Crippen molar-refractivity contribution >= 4 is 29.0 Å². The van der Waals surface area contributed by atoms with E-state index in [9.17, 15) is 37.1 Å². The van der Waals surface area contributed by atoms with Crippen LogP contribution in [0.3, 0.4) is 0 Å². The van der Waals surface area contributed by atoms with Crippen LogP contribution < -0.4 is 19.3 Å². The van der Waals surface area contributed by atoms with Crippen LogP contribution in [0, 0.1) is 35.1 Å². The normalized spacial score (nSPS) is 18.0. The van der Waals surface area contributed by atoms with E-state index in [2.05, 4.69) is 13.2 Å². The quantitative estimate of drug-likeness (QED) is 0.0399. The maximum Gasteiger partial charge on any atom is 0.233 e. The molecule has 0 radical (unpaired) electrons. The number of halogens is 4. The lowest BCUT2D eigenvalue weighted by molar-refractivity contribution is -0.131. The standard InChI is InChI=1S/C27H25F2NO3.C27H23F2NO3/c2*1-2-17-33-23-13-5-19(6-14-23)26-24(15-16-25(31)18-3-7-20(28)8-4-18)27(32)30(26)22-11-9-21(29)10-12-22/h2-14,24-26,31H,1,15-17H2;2-14,24,26H,1,15-17H2/t24-,25+,26-;24-,26-/m11/s1. The van der Waals surface area contributed by atoms with Gasteiger partial charge < -0.3 is 24.4 Å². The summed E-state index contributed by atoms with van der Waals surface area (Å²) < 4.78 is 64.3. The highest BCUT2D eigenvalue weighted by Crippen LogP contribution is 2.48. The van der Waals surface area contributed by atoms with Crippen molar-refractivity contribution in [2.75, 3.05) is 23.0 Å². The minimum atomic E-state index is -0.798. The monoisotopic (exact) mass is 896 g/mol. The number of hydrogen-bond acceptors (Lipinski definition) is 6. The summed E-state index contributed by atoms with van der Waals surface area (Å²) in [6, 6.07) is 37.1. The molecule has 5 atom stereocenters. The van der Waals surface area contributed by atoms with Crippen LogP contribution in [-0.4, -0.2) is 35.9 Å². The second kappa shape index (κ2) is 21.6. The lowest BCUT2D eigenvalue weighted by Gasteiger charge is -2.48. The molecule has 2 saturated heterocycles. The van der Waals surface area contributed by atoms with E-state index in [-0.39, 0.29) is 59.5 Å². The van der Waals surface area contributed by atoms with Gasteiger partial charge in [0.05, 0.1) is 30.0 Å². The van der Waals surface area contributed by atoms with Gasteiger partial charge in [0.1, 0.15) is 48.0 Å². The van der Waals surface area contributed by atoms with E-state index in [0.717, 1.165) is 11.1 Å². The Labute approximate surface area is 381 Å². The van der Waals surface area contributed by atoms with Crippen molar-refractivity contribution < 1.29 is 46.5 Å². The average molecular weight is 897 g/mol. The van der Waals surface area contributed by atoms with Gasteiger partial charge in [0.15, 0.2) is 5.78 Å². The van der Waals surface area contributed by atoms with Crippen LogP contribution in [0.1, 0.15) is 70.9 Å². The minimum absolute atomic E-state index is 0.0788. The molecule has 8 rings (SSSR count). The number of aliphatic hydroxyl groups is 1. The second-order valence-electron chi connectivity index (χ2n) is 15.9. The van der Waals surface area contributed by atoms with Crippen LogP contribution in [0.15, 0.2) is 171 Å². The molecule has 0 unspecified atom stereocenters. The first-order valence-electron chi connectivity index (χ1n) is 21.5. The van der Waals surface area contributed by atoms with E-state index in [1.165, 1.54) is 60.7 Å². The summed E-state index contributed by atoms with van der Waals surface area (Å²) in [4.78, 5) is 42.0. The van der Waals surface area contributed by atoms with E-state index < -0.39 is 17.8 Å². The van der Waals surface area contributed by atoms with Gasteiger partial charge in [0, 0.05) is 23.4 Å². The molecule has 6 aromatic carbocycles. The summed E-state index contributed by atoms with van der Waals surface area (Å²) >= 11 is 0. The van der Waals surface area contributed by atoms with E-state index in [1.807, 2.05) is 48.5 Å². The molecule has 0 aromatic heterocycles. The topological polar surface area (TPSA) is 96.4 Å². The first kappa shape index (κ1) is 46.7. The molecule has 1 N–H and O–H groups in total. The van der Waals surface area contributed by atoms with Crippen molar-refractivity contribution in [3.63, 3.8) is 0 Å². The number of amides is 2. The van der Waals surface area contributed by atoms with Crippen molar-refractivity contribution in [3.05, 3.63) is 216 Å². The van der Waals surface area contributed by atoms with Crippen LogP contribution in [-0.2, 0) is 9.59 Å². The Bertz CT molecular complexity index is 2610. The maximum atomic E-state index is 13.4. The summed E-state index contributed by atoms with van der Waals surface area (Å²) in [6.07, 6.45) is 3.85. The molecule has 12 heteroatoms. The molecule has 338 valence electrons. The number of Topliss-reactive ketones (excluding diaryl/α,β-unsaturated/α-hetero) is 1. The Morgan fingerprint density at radius 1 is 0.561 bits per heavy atom.